The smallest absolute Gasteiger partial charge is 0.254 e. The standard InChI is InChI=1S/C24H25N5O/c1-18-12-14-20(15-13-18)17-27-24(30)22(29-28-21-10-6-3-7-11-21)23(25)26-16-19-8-4-2-5-9-19/h2-15,22H,16-17H2,1H3,(H2,25,26)(H,27,30)/b29-28+. The first kappa shape index (κ1) is 20.9. The van der Waals surface area contributed by atoms with Crippen LogP contribution in [-0.4, -0.2) is 17.8 Å². The van der Waals surface area contributed by atoms with E-state index in [9.17, 15) is 4.79 Å². The molecule has 3 N–H and O–H groups in total. The highest BCUT2D eigenvalue weighted by Crippen LogP contribution is 2.12. The van der Waals surface area contributed by atoms with Crippen molar-refractivity contribution < 1.29 is 4.79 Å². The van der Waals surface area contributed by atoms with E-state index in [-0.39, 0.29) is 11.7 Å². The number of amides is 1. The molecule has 0 spiro atoms. The lowest BCUT2D eigenvalue weighted by atomic mass is 10.1. The van der Waals surface area contributed by atoms with Crippen LogP contribution in [0, 0.1) is 6.92 Å². The van der Waals surface area contributed by atoms with Crippen molar-refractivity contribution in [2.45, 2.75) is 26.1 Å². The molecule has 3 rings (SSSR count). The highest BCUT2D eigenvalue weighted by molar-refractivity contribution is 6.06. The van der Waals surface area contributed by atoms with Gasteiger partial charge in [-0.3, -0.25) is 9.79 Å². The fourth-order valence-electron chi connectivity index (χ4n) is 2.71. The number of azo groups is 1. The monoisotopic (exact) mass is 399 g/mol. The van der Waals surface area contributed by atoms with Crippen molar-refractivity contribution in [2.75, 3.05) is 0 Å². The Hall–Kier alpha value is -3.80. The second kappa shape index (κ2) is 10.7. The third-order valence-electron chi connectivity index (χ3n) is 4.45. The molecule has 0 heterocycles. The number of carbonyl (C=O) groups excluding carboxylic acids is 1. The number of hydrogen-bond donors (Lipinski definition) is 2. The number of nitrogens with zero attached hydrogens (tertiary/aromatic N) is 3. The molecule has 0 fully saturated rings. The third kappa shape index (κ3) is 6.38. The zero-order chi connectivity index (χ0) is 21.2. The van der Waals surface area contributed by atoms with Gasteiger partial charge in [0.25, 0.3) is 5.91 Å². The first-order valence-corrected chi connectivity index (χ1v) is 9.75. The van der Waals surface area contributed by atoms with E-state index in [0.29, 0.717) is 18.8 Å². The molecule has 30 heavy (non-hydrogen) atoms. The van der Waals surface area contributed by atoms with Gasteiger partial charge >= 0.3 is 0 Å². The molecule has 6 heteroatoms. The van der Waals surface area contributed by atoms with Crippen molar-refractivity contribution >= 4 is 17.4 Å². The lowest BCUT2D eigenvalue weighted by Crippen LogP contribution is -2.42. The zero-order valence-electron chi connectivity index (χ0n) is 16.9. The summed E-state index contributed by atoms with van der Waals surface area (Å²) in [7, 11) is 0. The molecule has 0 aliphatic rings. The maximum atomic E-state index is 12.8. The summed E-state index contributed by atoms with van der Waals surface area (Å²) in [6.45, 7) is 2.77. The predicted octanol–water partition coefficient (Wildman–Crippen LogP) is 4.32. The molecule has 0 radical (unpaired) electrons. The number of nitrogens with two attached hydrogens (primary N) is 1. The van der Waals surface area contributed by atoms with Crippen LogP contribution in [0.1, 0.15) is 16.7 Å². The molecular weight excluding hydrogens is 374 g/mol. The molecule has 3 aromatic carbocycles. The fraction of sp³-hybridized carbons (Fsp3) is 0.167. The summed E-state index contributed by atoms with van der Waals surface area (Å²) in [5, 5.41) is 11.2. The number of hydrogen-bond acceptors (Lipinski definition) is 4. The van der Waals surface area contributed by atoms with Gasteiger partial charge in [0.2, 0.25) is 6.04 Å². The van der Waals surface area contributed by atoms with Gasteiger partial charge in [0, 0.05) is 6.54 Å². The molecule has 6 nitrogen and oxygen atoms in total. The van der Waals surface area contributed by atoms with Crippen LogP contribution in [0.5, 0.6) is 0 Å². The Bertz CT molecular complexity index is 999. The van der Waals surface area contributed by atoms with Crippen LogP contribution in [-0.2, 0) is 17.9 Å². The third-order valence-corrected chi connectivity index (χ3v) is 4.45. The Morgan fingerprint density at radius 3 is 2.20 bits per heavy atom. The SMILES string of the molecule is Cc1ccc(CNC(=O)C(/N=N/c2ccccc2)/C(N)=N/Cc2ccccc2)cc1. The summed E-state index contributed by atoms with van der Waals surface area (Å²) in [5.74, 6) is -0.218. The lowest BCUT2D eigenvalue weighted by molar-refractivity contribution is -0.121. The average Bonchev–Trinajstić information content (AvgIpc) is 2.79. The fourth-order valence-corrected chi connectivity index (χ4v) is 2.71. The number of amidine groups is 1. The van der Waals surface area contributed by atoms with Gasteiger partial charge in [0.05, 0.1) is 12.2 Å². The van der Waals surface area contributed by atoms with Crippen LogP contribution < -0.4 is 11.1 Å². The van der Waals surface area contributed by atoms with Gasteiger partial charge in [-0.1, -0.05) is 78.4 Å². The van der Waals surface area contributed by atoms with Crippen molar-refractivity contribution in [3.63, 3.8) is 0 Å². The van der Waals surface area contributed by atoms with E-state index >= 15 is 0 Å². The van der Waals surface area contributed by atoms with Gasteiger partial charge < -0.3 is 11.1 Å². The lowest BCUT2D eigenvalue weighted by Gasteiger charge is -2.12. The summed E-state index contributed by atoms with van der Waals surface area (Å²) >= 11 is 0. The van der Waals surface area contributed by atoms with E-state index in [1.165, 1.54) is 0 Å². The van der Waals surface area contributed by atoms with Crippen LogP contribution in [0.2, 0.25) is 0 Å². The van der Waals surface area contributed by atoms with Gasteiger partial charge in [0.1, 0.15) is 5.84 Å². The Kier molecular flexibility index (Phi) is 7.44. The Balaban J connectivity index is 1.74. The molecule has 0 aliphatic heterocycles. The molecular formula is C24H25N5O. The van der Waals surface area contributed by atoms with Crippen molar-refractivity contribution in [3.05, 3.63) is 102 Å². The molecule has 1 amide bonds. The van der Waals surface area contributed by atoms with Gasteiger partial charge in [-0.25, -0.2) is 0 Å². The second-order valence-corrected chi connectivity index (χ2v) is 6.88. The zero-order valence-corrected chi connectivity index (χ0v) is 16.9. The van der Waals surface area contributed by atoms with Crippen LogP contribution in [0.25, 0.3) is 0 Å². The minimum Gasteiger partial charge on any atom is -0.385 e. The first-order chi connectivity index (χ1) is 14.6. The van der Waals surface area contributed by atoms with Crippen molar-refractivity contribution in [2.24, 2.45) is 21.0 Å². The van der Waals surface area contributed by atoms with E-state index in [1.807, 2.05) is 91.9 Å². The Labute approximate surface area is 176 Å². The van der Waals surface area contributed by atoms with Gasteiger partial charge in [-0.05, 0) is 30.2 Å². The summed E-state index contributed by atoms with van der Waals surface area (Å²) in [5.41, 5.74) is 9.95. The predicted molar refractivity (Wildman–Crippen MR) is 120 cm³/mol. The molecule has 0 saturated heterocycles. The number of aliphatic imine (C=N–C) groups is 1. The molecule has 0 saturated carbocycles. The van der Waals surface area contributed by atoms with Crippen molar-refractivity contribution in [3.8, 4) is 0 Å². The molecule has 0 aromatic heterocycles. The van der Waals surface area contributed by atoms with Crippen molar-refractivity contribution in [1.82, 2.24) is 5.32 Å². The average molecular weight is 399 g/mol. The van der Waals surface area contributed by atoms with Crippen LogP contribution in [0.15, 0.2) is 100 Å². The molecule has 0 aliphatic carbocycles. The summed E-state index contributed by atoms with van der Waals surface area (Å²) < 4.78 is 0. The van der Waals surface area contributed by atoms with E-state index in [0.717, 1.165) is 16.7 Å². The van der Waals surface area contributed by atoms with Gasteiger partial charge in [-0.2, -0.15) is 10.2 Å². The second-order valence-electron chi connectivity index (χ2n) is 6.88. The van der Waals surface area contributed by atoms with E-state index < -0.39 is 6.04 Å². The van der Waals surface area contributed by atoms with Crippen molar-refractivity contribution in [1.29, 1.82) is 0 Å². The van der Waals surface area contributed by atoms with Gasteiger partial charge in [0.15, 0.2) is 0 Å². The highest BCUT2D eigenvalue weighted by atomic mass is 16.2. The number of aryl methyl sites for hydroxylation is 1. The maximum absolute atomic E-state index is 12.8. The van der Waals surface area contributed by atoms with Crippen LogP contribution in [0.4, 0.5) is 5.69 Å². The molecule has 0 bridgehead atoms. The number of benzene rings is 3. The quantitative estimate of drug-likeness (QED) is 0.335. The van der Waals surface area contributed by atoms with Crippen LogP contribution >= 0.6 is 0 Å². The normalized spacial score (nSPS) is 12.6. The maximum Gasteiger partial charge on any atom is 0.254 e. The Morgan fingerprint density at radius 2 is 1.53 bits per heavy atom. The Morgan fingerprint density at radius 1 is 0.900 bits per heavy atom. The first-order valence-electron chi connectivity index (χ1n) is 9.75. The highest BCUT2D eigenvalue weighted by Gasteiger charge is 2.22. The largest absolute Gasteiger partial charge is 0.385 e. The van der Waals surface area contributed by atoms with Gasteiger partial charge in [-0.15, -0.1) is 0 Å². The summed E-state index contributed by atoms with van der Waals surface area (Å²) in [6.07, 6.45) is 0. The van der Waals surface area contributed by atoms with E-state index in [4.69, 9.17) is 5.73 Å². The molecule has 1 atom stereocenters. The minimum atomic E-state index is -1.00. The topological polar surface area (TPSA) is 92.2 Å². The molecule has 152 valence electrons. The number of carbonyl (C=O) groups is 1. The summed E-state index contributed by atoms with van der Waals surface area (Å²) in [4.78, 5) is 17.2. The molecule has 1 unspecified atom stereocenters. The van der Waals surface area contributed by atoms with Crippen LogP contribution in [0.3, 0.4) is 0 Å². The van der Waals surface area contributed by atoms with E-state index in [2.05, 4.69) is 20.5 Å². The molecule has 3 aromatic rings. The van der Waals surface area contributed by atoms with E-state index in [1.54, 1.807) is 0 Å². The minimum absolute atomic E-state index is 0.125. The number of nitrogens with one attached hydrogen (secondary N) is 1. The number of rotatable bonds is 8. The summed E-state index contributed by atoms with van der Waals surface area (Å²) in [6, 6.07) is 25.9.